The Hall–Kier alpha value is -1.86. The number of nitrogen functional groups attached to an aromatic ring is 1. The maximum Gasteiger partial charge on any atom is 0.274 e. The van der Waals surface area contributed by atoms with Gasteiger partial charge in [0.1, 0.15) is 5.69 Å². The molecular weight excluding hydrogens is 276 g/mol. The number of aromatic nitrogens is 2. The molecule has 0 aliphatic heterocycles. The molecule has 2 aromatic heterocycles. The lowest BCUT2D eigenvalue weighted by Gasteiger charge is -2.22. The smallest absolute Gasteiger partial charge is 0.274 e. The maximum absolute atomic E-state index is 12.6. The van der Waals surface area contributed by atoms with E-state index >= 15 is 0 Å². The average Bonchev–Trinajstić information content (AvgIpc) is 3.04. The third-order valence-electron chi connectivity index (χ3n) is 2.95. The van der Waals surface area contributed by atoms with E-state index in [1.165, 1.54) is 10.9 Å². The van der Waals surface area contributed by atoms with Crippen LogP contribution in [-0.2, 0) is 18.3 Å². The molecule has 0 atom stereocenters. The number of hydrogen-bond donors (Lipinski definition) is 1. The van der Waals surface area contributed by atoms with Crippen molar-refractivity contribution in [2.24, 2.45) is 7.05 Å². The van der Waals surface area contributed by atoms with Crippen molar-refractivity contribution < 1.29 is 9.53 Å². The third-order valence-corrected chi connectivity index (χ3v) is 3.81. The Labute approximate surface area is 121 Å². The second-order valence-corrected chi connectivity index (χ2v) is 5.40. The van der Waals surface area contributed by atoms with E-state index in [2.05, 4.69) is 5.10 Å². The summed E-state index contributed by atoms with van der Waals surface area (Å²) in [6.45, 7) is 1.54. The van der Waals surface area contributed by atoms with Crippen LogP contribution < -0.4 is 5.73 Å². The van der Waals surface area contributed by atoms with E-state index in [1.54, 1.807) is 30.4 Å². The molecule has 1 amide bonds. The molecule has 108 valence electrons. The lowest BCUT2D eigenvalue weighted by atomic mass is 10.3. The van der Waals surface area contributed by atoms with E-state index in [9.17, 15) is 4.79 Å². The highest BCUT2D eigenvalue weighted by atomic mass is 32.1. The summed E-state index contributed by atoms with van der Waals surface area (Å²) in [6.07, 6.45) is 1.49. The van der Waals surface area contributed by atoms with Crippen LogP contribution in [0.2, 0.25) is 0 Å². The first-order valence-electron chi connectivity index (χ1n) is 6.21. The summed E-state index contributed by atoms with van der Waals surface area (Å²) < 4.78 is 6.58. The van der Waals surface area contributed by atoms with Crippen LogP contribution in [0.5, 0.6) is 0 Å². The molecule has 2 rings (SSSR count). The van der Waals surface area contributed by atoms with Crippen LogP contribution in [0, 0.1) is 0 Å². The minimum absolute atomic E-state index is 0.132. The van der Waals surface area contributed by atoms with E-state index in [4.69, 9.17) is 10.5 Å². The van der Waals surface area contributed by atoms with Gasteiger partial charge in [-0.2, -0.15) is 5.10 Å². The summed E-state index contributed by atoms with van der Waals surface area (Å²) >= 11 is 1.62. The Kier molecular flexibility index (Phi) is 4.75. The van der Waals surface area contributed by atoms with E-state index in [0.717, 1.165) is 4.88 Å². The van der Waals surface area contributed by atoms with Crippen LogP contribution in [0.15, 0.2) is 23.7 Å². The van der Waals surface area contributed by atoms with Crippen LogP contribution in [0.25, 0.3) is 0 Å². The van der Waals surface area contributed by atoms with Gasteiger partial charge in [-0.1, -0.05) is 6.07 Å². The molecule has 2 heterocycles. The number of nitrogens with zero attached hydrogens (tertiary/aromatic N) is 3. The quantitative estimate of drug-likeness (QED) is 0.873. The highest BCUT2D eigenvalue weighted by Gasteiger charge is 2.22. The van der Waals surface area contributed by atoms with E-state index in [-0.39, 0.29) is 5.91 Å². The first kappa shape index (κ1) is 14.5. The maximum atomic E-state index is 12.6. The zero-order chi connectivity index (χ0) is 14.5. The Morgan fingerprint density at radius 3 is 2.95 bits per heavy atom. The summed E-state index contributed by atoms with van der Waals surface area (Å²) in [5.41, 5.74) is 6.63. The van der Waals surface area contributed by atoms with Gasteiger partial charge in [0, 0.05) is 25.6 Å². The number of rotatable bonds is 6. The lowest BCUT2D eigenvalue weighted by Crippen LogP contribution is -2.34. The Bertz CT molecular complexity index is 545. The second kappa shape index (κ2) is 6.53. The van der Waals surface area contributed by atoms with Crippen molar-refractivity contribution in [2.75, 3.05) is 26.0 Å². The molecule has 0 spiro atoms. The molecular formula is C13H18N4O2S. The molecule has 2 N–H and O–H groups in total. The molecule has 6 nitrogen and oxygen atoms in total. The fraction of sp³-hybridized carbons (Fsp3) is 0.385. The van der Waals surface area contributed by atoms with Crippen LogP contribution in [0.4, 0.5) is 5.69 Å². The number of carbonyl (C=O) groups excluding carboxylic acids is 1. The molecule has 0 aliphatic rings. The highest BCUT2D eigenvalue weighted by Crippen LogP contribution is 2.17. The summed E-state index contributed by atoms with van der Waals surface area (Å²) in [7, 11) is 3.33. The van der Waals surface area contributed by atoms with Crippen molar-refractivity contribution in [3.8, 4) is 0 Å². The average molecular weight is 294 g/mol. The summed E-state index contributed by atoms with van der Waals surface area (Å²) in [6, 6.07) is 3.97. The Morgan fingerprint density at radius 2 is 2.40 bits per heavy atom. The largest absolute Gasteiger partial charge is 0.396 e. The van der Waals surface area contributed by atoms with Gasteiger partial charge in [-0.3, -0.25) is 9.48 Å². The molecule has 0 fully saturated rings. The SMILES string of the molecule is COCCN(Cc1cccs1)C(=O)c1c(N)cnn1C. The van der Waals surface area contributed by atoms with Crippen LogP contribution in [-0.4, -0.2) is 40.8 Å². The zero-order valence-corrected chi connectivity index (χ0v) is 12.4. The molecule has 0 aliphatic carbocycles. The standard InChI is InChI=1S/C13H18N4O2S/c1-16-12(11(14)8-15-16)13(18)17(5-6-19-2)9-10-4-3-7-20-10/h3-4,7-8H,5-6,9,14H2,1-2H3. The number of ether oxygens (including phenoxy) is 1. The van der Waals surface area contributed by atoms with Gasteiger partial charge in [0.25, 0.3) is 5.91 Å². The molecule has 0 radical (unpaired) electrons. The number of anilines is 1. The molecule has 20 heavy (non-hydrogen) atoms. The van der Waals surface area contributed by atoms with Gasteiger partial charge in [0.05, 0.1) is 25.0 Å². The van der Waals surface area contributed by atoms with Crippen molar-refractivity contribution >= 4 is 22.9 Å². The first-order chi connectivity index (χ1) is 9.63. The molecule has 0 bridgehead atoms. The minimum Gasteiger partial charge on any atom is -0.396 e. The first-order valence-corrected chi connectivity index (χ1v) is 7.09. The molecule has 0 saturated carbocycles. The van der Waals surface area contributed by atoms with E-state index in [0.29, 0.717) is 31.1 Å². The molecule has 0 aromatic carbocycles. The van der Waals surface area contributed by atoms with Gasteiger partial charge in [0.2, 0.25) is 0 Å². The summed E-state index contributed by atoms with van der Waals surface area (Å²) in [5.74, 6) is -0.132. The predicted octanol–water partition coefficient (Wildman–Crippen LogP) is 1.35. The van der Waals surface area contributed by atoms with E-state index < -0.39 is 0 Å². The second-order valence-electron chi connectivity index (χ2n) is 4.37. The summed E-state index contributed by atoms with van der Waals surface area (Å²) in [4.78, 5) is 15.5. The number of nitrogens with two attached hydrogens (primary N) is 1. The predicted molar refractivity (Wildman–Crippen MR) is 78.6 cm³/mol. The number of aryl methyl sites for hydroxylation is 1. The number of hydrogen-bond acceptors (Lipinski definition) is 5. The number of thiophene rings is 1. The van der Waals surface area contributed by atoms with Gasteiger partial charge >= 0.3 is 0 Å². The molecule has 0 unspecified atom stereocenters. The van der Waals surface area contributed by atoms with Crippen molar-refractivity contribution in [3.63, 3.8) is 0 Å². The van der Waals surface area contributed by atoms with Gasteiger partial charge in [0.15, 0.2) is 0 Å². The minimum atomic E-state index is -0.132. The van der Waals surface area contributed by atoms with Crippen LogP contribution >= 0.6 is 11.3 Å². The van der Waals surface area contributed by atoms with Crippen molar-refractivity contribution in [2.45, 2.75) is 6.54 Å². The number of methoxy groups -OCH3 is 1. The normalized spacial score (nSPS) is 10.7. The van der Waals surface area contributed by atoms with Crippen molar-refractivity contribution in [3.05, 3.63) is 34.3 Å². The third kappa shape index (κ3) is 3.17. The lowest BCUT2D eigenvalue weighted by molar-refractivity contribution is 0.0672. The van der Waals surface area contributed by atoms with Gasteiger partial charge in [-0.05, 0) is 11.4 Å². The fourth-order valence-electron chi connectivity index (χ4n) is 1.91. The fourth-order valence-corrected chi connectivity index (χ4v) is 2.63. The number of carbonyl (C=O) groups is 1. The van der Waals surface area contributed by atoms with Crippen LogP contribution in [0.1, 0.15) is 15.4 Å². The Morgan fingerprint density at radius 1 is 1.60 bits per heavy atom. The molecule has 0 saturated heterocycles. The molecule has 2 aromatic rings. The van der Waals surface area contributed by atoms with Crippen molar-refractivity contribution in [1.82, 2.24) is 14.7 Å². The van der Waals surface area contributed by atoms with Gasteiger partial charge < -0.3 is 15.4 Å². The Balaban J connectivity index is 2.19. The summed E-state index contributed by atoms with van der Waals surface area (Å²) in [5, 5.41) is 6.01. The zero-order valence-electron chi connectivity index (χ0n) is 11.6. The number of amides is 1. The van der Waals surface area contributed by atoms with Gasteiger partial charge in [-0.15, -0.1) is 11.3 Å². The topological polar surface area (TPSA) is 73.4 Å². The monoisotopic (exact) mass is 294 g/mol. The van der Waals surface area contributed by atoms with E-state index in [1.807, 2.05) is 17.5 Å². The molecule has 7 heteroatoms. The van der Waals surface area contributed by atoms with Crippen molar-refractivity contribution in [1.29, 1.82) is 0 Å². The van der Waals surface area contributed by atoms with Gasteiger partial charge in [-0.25, -0.2) is 0 Å². The highest BCUT2D eigenvalue weighted by molar-refractivity contribution is 7.09. The van der Waals surface area contributed by atoms with Crippen LogP contribution in [0.3, 0.4) is 0 Å².